The number of hydrogen-bond donors (Lipinski definition) is 0. The molecule has 4 saturated carbocycles. The van der Waals surface area contributed by atoms with Crippen molar-refractivity contribution in [3.63, 3.8) is 0 Å². The van der Waals surface area contributed by atoms with E-state index >= 15 is 0 Å². The molecule has 0 N–H and O–H groups in total. The van der Waals surface area contributed by atoms with E-state index in [1.165, 1.54) is 128 Å². The van der Waals surface area contributed by atoms with E-state index in [2.05, 4.69) is 164 Å². The molecule has 4 bridgehead atoms. The van der Waals surface area contributed by atoms with Gasteiger partial charge in [-0.3, -0.25) is 0 Å². The molecule has 10 aromatic rings. The summed E-state index contributed by atoms with van der Waals surface area (Å²) in [5, 5.41) is 13.9. The standard InChI is InChI=1S/C56H42Se/c1-2-12-35(13-3-1)53-41-14-4-6-16-43(41)54(44-17-7-5-15-42(44)53)36-23-25-50-49(31-36)40-24-22-37(32-51(40)57-50)55-45-18-8-10-20-47(45)56(48-21-11-9-19-46(48)55)52-38-27-33-26-34(29-38)30-39(52)28-33/h1-25,31-34,38-39,52H,26-30H2. The van der Waals surface area contributed by atoms with Gasteiger partial charge in [0.25, 0.3) is 0 Å². The molecule has 0 unspecified atom stereocenters. The number of benzene rings is 9. The van der Waals surface area contributed by atoms with Crippen LogP contribution in [0.4, 0.5) is 0 Å². The summed E-state index contributed by atoms with van der Waals surface area (Å²) in [6.07, 6.45) is 7.29. The minimum atomic E-state index is 0.243. The van der Waals surface area contributed by atoms with Gasteiger partial charge < -0.3 is 0 Å². The summed E-state index contributed by atoms with van der Waals surface area (Å²) in [5.74, 6) is 4.35. The Bertz CT molecular complexity index is 3110. The molecule has 14 rings (SSSR count). The van der Waals surface area contributed by atoms with E-state index in [4.69, 9.17) is 0 Å². The first-order valence-corrected chi connectivity index (χ1v) is 22.9. The van der Waals surface area contributed by atoms with Crippen molar-refractivity contribution in [1.82, 2.24) is 0 Å². The first-order valence-electron chi connectivity index (χ1n) is 21.1. The number of fused-ring (bicyclic) bond motifs is 7. The van der Waals surface area contributed by atoms with Crippen molar-refractivity contribution in [2.24, 2.45) is 23.7 Å². The fraction of sp³-hybridized carbons (Fsp3) is 0.179. The second-order valence-corrected chi connectivity index (χ2v) is 19.8. The van der Waals surface area contributed by atoms with E-state index in [1.807, 2.05) is 0 Å². The summed E-state index contributed by atoms with van der Waals surface area (Å²) in [5.41, 5.74) is 9.66. The fourth-order valence-electron chi connectivity index (χ4n) is 12.7. The Morgan fingerprint density at radius 2 is 0.754 bits per heavy atom. The van der Waals surface area contributed by atoms with E-state index in [-0.39, 0.29) is 14.5 Å². The van der Waals surface area contributed by atoms with Gasteiger partial charge in [-0.05, 0) is 0 Å². The molecule has 4 aliphatic rings. The topological polar surface area (TPSA) is 0 Å². The summed E-state index contributed by atoms with van der Waals surface area (Å²) in [4.78, 5) is 0. The molecule has 1 aromatic heterocycles. The Labute approximate surface area is 339 Å². The summed E-state index contributed by atoms with van der Waals surface area (Å²) >= 11 is 0.243. The van der Waals surface area contributed by atoms with Crippen LogP contribution in [0.2, 0.25) is 0 Å². The average molecular weight is 794 g/mol. The van der Waals surface area contributed by atoms with E-state index < -0.39 is 0 Å². The predicted octanol–water partition coefficient (Wildman–Crippen LogP) is 15.2. The first-order chi connectivity index (χ1) is 28.2. The Balaban J connectivity index is 0.990. The van der Waals surface area contributed by atoms with Crippen LogP contribution >= 0.6 is 0 Å². The molecule has 272 valence electrons. The Kier molecular flexibility index (Phi) is 7.16. The summed E-state index contributed by atoms with van der Waals surface area (Å²) in [7, 11) is 0. The zero-order valence-corrected chi connectivity index (χ0v) is 33.6. The molecule has 4 aliphatic carbocycles. The third-order valence-electron chi connectivity index (χ3n) is 14.6. The Hall–Kier alpha value is -5.46. The van der Waals surface area contributed by atoms with Crippen molar-refractivity contribution in [3.8, 4) is 33.4 Å². The number of hydrogen-bond acceptors (Lipinski definition) is 0. The quantitative estimate of drug-likeness (QED) is 0.123. The van der Waals surface area contributed by atoms with Gasteiger partial charge >= 0.3 is 341 Å². The van der Waals surface area contributed by atoms with Crippen LogP contribution in [-0.4, -0.2) is 14.5 Å². The normalized spacial score (nSPS) is 21.5. The second kappa shape index (κ2) is 12.5. The van der Waals surface area contributed by atoms with Crippen LogP contribution in [0.1, 0.15) is 43.6 Å². The Morgan fingerprint density at radius 1 is 0.316 bits per heavy atom. The van der Waals surface area contributed by atoms with Gasteiger partial charge in [0.1, 0.15) is 0 Å². The molecule has 0 atom stereocenters. The van der Waals surface area contributed by atoms with Gasteiger partial charge in [-0.1, -0.05) is 0 Å². The molecule has 0 spiro atoms. The molecule has 57 heavy (non-hydrogen) atoms. The molecule has 9 aromatic carbocycles. The van der Waals surface area contributed by atoms with Crippen molar-refractivity contribution in [3.05, 3.63) is 169 Å². The van der Waals surface area contributed by atoms with E-state index in [9.17, 15) is 0 Å². The van der Waals surface area contributed by atoms with Crippen LogP contribution in [0.15, 0.2) is 164 Å². The van der Waals surface area contributed by atoms with Gasteiger partial charge in [0, 0.05) is 0 Å². The second-order valence-electron chi connectivity index (χ2n) is 17.6. The van der Waals surface area contributed by atoms with Crippen molar-refractivity contribution >= 4 is 76.9 Å². The van der Waals surface area contributed by atoms with Crippen LogP contribution in [0.25, 0.3) is 95.8 Å². The molecule has 1 heteroatoms. The molecular weight excluding hydrogens is 752 g/mol. The zero-order valence-electron chi connectivity index (χ0n) is 31.9. The van der Waals surface area contributed by atoms with Gasteiger partial charge in [0.2, 0.25) is 0 Å². The predicted molar refractivity (Wildman–Crippen MR) is 245 cm³/mol. The van der Waals surface area contributed by atoms with Crippen LogP contribution in [0.3, 0.4) is 0 Å². The maximum atomic E-state index is 2.56. The SMILES string of the molecule is c1ccc(-c2c3ccccc3c(-c3ccc4[se]c5cc(-c6c7ccccc7c(C7C8CC9CC(C8)CC7C9)c7ccccc67)ccc5c4c3)c3ccccc23)cc1. The van der Waals surface area contributed by atoms with Gasteiger partial charge in [-0.25, -0.2) is 0 Å². The molecular formula is C56H42Se. The van der Waals surface area contributed by atoms with Crippen molar-refractivity contribution < 1.29 is 0 Å². The third kappa shape index (κ3) is 4.86. The number of rotatable bonds is 4. The van der Waals surface area contributed by atoms with Gasteiger partial charge in [-0.15, -0.1) is 0 Å². The first kappa shape index (κ1) is 32.6. The van der Waals surface area contributed by atoms with E-state index in [1.54, 1.807) is 5.56 Å². The average Bonchev–Trinajstić information content (AvgIpc) is 3.62. The molecule has 0 nitrogen and oxygen atoms in total. The van der Waals surface area contributed by atoms with Crippen LogP contribution < -0.4 is 0 Å². The fourth-order valence-corrected chi connectivity index (χ4v) is 15.0. The molecule has 0 aliphatic heterocycles. The van der Waals surface area contributed by atoms with Crippen molar-refractivity contribution in [2.75, 3.05) is 0 Å². The monoisotopic (exact) mass is 794 g/mol. The molecule has 4 fully saturated rings. The van der Waals surface area contributed by atoms with E-state index in [0.717, 1.165) is 23.7 Å². The van der Waals surface area contributed by atoms with Gasteiger partial charge in [-0.2, -0.15) is 0 Å². The summed E-state index contributed by atoms with van der Waals surface area (Å²) in [6, 6.07) is 62.6. The van der Waals surface area contributed by atoms with Crippen LogP contribution in [-0.2, 0) is 0 Å². The summed E-state index contributed by atoms with van der Waals surface area (Å²) in [6.45, 7) is 0. The third-order valence-corrected chi connectivity index (χ3v) is 17.0. The van der Waals surface area contributed by atoms with Gasteiger partial charge in [0.05, 0.1) is 0 Å². The van der Waals surface area contributed by atoms with Crippen LogP contribution in [0.5, 0.6) is 0 Å². The molecule has 1 heterocycles. The van der Waals surface area contributed by atoms with Crippen molar-refractivity contribution in [1.29, 1.82) is 0 Å². The van der Waals surface area contributed by atoms with Crippen LogP contribution in [0, 0.1) is 23.7 Å². The molecule has 0 radical (unpaired) electrons. The van der Waals surface area contributed by atoms with Gasteiger partial charge in [0.15, 0.2) is 0 Å². The maximum absolute atomic E-state index is 2.56. The zero-order chi connectivity index (χ0) is 37.2. The molecule has 0 amide bonds. The molecule has 0 saturated heterocycles. The minimum absolute atomic E-state index is 0.243. The Morgan fingerprint density at radius 3 is 1.30 bits per heavy atom. The summed E-state index contributed by atoms with van der Waals surface area (Å²) < 4.78 is 2.99. The van der Waals surface area contributed by atoms with Crippen molar-refractivity contribution in [2.45, 2.75) is 38.0 Å². The van der Waals surface area contributed by atoms with E-state index in [0.29, 0.717) is 5.92 Å².